The molecular formula is C15H25N5O4. The van der Waals surface area contributed by atoms with E-state index in [0.717, 1.165) is 4.90 Å². The second-order valence-corrected chi connectivity index (χ2v) is 6.95. The fourth-order valence-corrected chi connectivity index (χ4v) is 3.11. The van der Waals surface area contributed by atoms with Crippen molar-refractivity contribution in [2.45, 2.75) is 39.5 Å². The molecule has 9 heteroatoms. The third kappa shape index (κ3) is 3.73. The molecule has 4 amide bonds. The first-order valence-corrected chi connectivity index (χ1v) is 8.05. The molecule has 0 radical (unpaired) electrons. The Balaban J connectivity index is 1.96. The van der Waals surface area contributed by atoms with Crippen molar-refractivity contribution >= 4 is 23.6 Å². The zero-order chi connectivity index (χ0) is 18.1. The largest absolute Gasteiger partial charge is 0.347 e. The Hall–Kier alpha value is -2.00. The monoisotopic (exact) mass is 339 g/mol. The van der Waals surface area contributed by atoms with Crippen LogP contribution in [0.3, 0.4) is 0 Å². The summed E-state index contributed by atoms with van der Waals surface area (Å²) in [6.07, 6.45) is -0.459. The van der Waals surface area contributed by atoms with Crippen molar-refractivity contribution < 1.29 is 19.2 Å². The molecule has 134 valence electrons. The highest BCUT2D eigenvalue weighted by atomic mass is 16.2. The van der Waals surface area contributed by atoms with Crippen LogP contribution in [0.1, 0.15) is 27.7 Å². The molecule has 2 aliphatic heterocycles. The Morgan fingerprint density at radius 3 is 2.42 bits per heavy atom. The first-order valence-electron chi connectivity index (χ1n) is 8.05. The van der Waals surface area contributed by atoms with Crippen LogP contribution in [0.4, 0.5) is 0 Å². The molecule has 2 saturated heterocycles. The van der Waals surface area contributed by atoms with Crippen LogP contribution in [0.2, 0.25) is 0 Å². The number of nitrogens with zero attached hydrogens (tertiary/aromatic N) is 1. The minimum Gasteiger partial charge on any atom is -0.347 e. The molecular weight excluding hydrogens is 314 g/mol. The van der Waals surface area contributed by atoms with Crippen LogP contribution in [0, 0.1) is 11.8 Å². The van der Waals surface area contributed by atoms with Crippen molar-refractivity contribution in [3.8, 4) is 0 Å². The van der Waals surface area contributed by atoms with E-state index in [0.29, 0.717) is 0 Å². The van der Waals surface area contributed by atoms with Crippen LogP contribution in [0.5, 0.6) is 0 Å². The van der Waals surface area contributed by atoms with Crippen molar-refractivity contribution in [1.82, 2.24) is 26.2 Å². The molecule has 0 saturated carbocycles. The lowest BCUT2D eigenvalue weighted by Crippen LogP contribution is -2.55. The van der Waals surface area contributed by atoms with Crippen molar-refractivity contribution in [3.05, 3.63) is 0 Å². The summed E-state index contributed by atoms with van der Waals surface area (Å²) in [6.45, 7) is 7.20. The number of imide groups is 1. The van der Waals surface area contributed by atoms with Gasteiger partial charge in [0.2, 0.25) is 23.6 Å². The number of carbonyl (C=O) groups excluding carboxylic acids is 4. The second-order valence-electron chi connectivity index (χ2n) is 6.95. The summed E-state index contributed by atoms with van der Waals surface area (Å²) in [5, 5.41) is 11.2. The zero-order valence-electron chi connectivity index (χ0n) is 14.4. The normalized spacial score (nSPS) is 24.2. The van der Waals surface area contributed by atoms with Gasteiger partial charge >= 0.3 is 0 Å². The standard InChI is InChI=1S/C15H25N5O4/c1-8(2)12(13-16-5-9(21)19-13)14(24)17-6-10(22)20-11(23)7-18-15(20,3)4/h8,12-13,16,18H,5-7H2,1-4H3,(H,17,24)(H,19,21). The van der Waals surface area contributed by atoms with Crippen LogP contribution < -0.4 is 21.3 Å². The lowest BCUT2D eigenvalue weighted by Gasteiger charge is -2.30. The Bertz CT molecular complexity index is 560. The van der Waals surface area contributed by atoms with Gasteiger partial charge in [-0.25, -0.2) is 0 Å². The van der Waals surface area contributed by atoms with Crippen LogP contribution in [-0.2, 0) is 19.2 Å². The van der Waals surface area contributed by atoms with Gasteiger partial charge in [-0.15, -0.1) is 0 Å². The molecule has 2 heterocycles. The predicted octanol–water partition coefficient (Wildman–Crippen LogP) is -1.89. The maximum absolute atomic E-state index is 12.5. The molecule has 24 heavy (non-hydrogen) atoms. The molecule has 0 aromatic rings. The van der Waals surface area contributed by atoms with Gasteiger partial charge in [0.15, 0.2) is 0 Å². The van der Waals surface area contributed by atoms with Crippen molar-refractivity contribution in [2.75, 3.05) is 19.6 Å². The summed E-state index contributed by atoms with van der Waals surface area (Å²) in [6, 6.07) is 0. The molecule has 0 spiro atoms. The highest BCUT2D eigenvalue weighted by molar-refractivity contribution is 6.00. The summed E-state index contributed by atoms with van der Waals surface area (Å²) in [5.74, 6) is -1.83. The molecule has 9 nitrogen and oxygen atoms in total. The summed E-state index contributed by atoms with van der Waals surface area (Å²) in [4.78, 5) is 49.1. The summed E-state index contributed by atoms with van der Waals surface area (Å²) in [7, 11) is 0. The topological polar surface area (TPSA) is 120 Å². The molecule has 2 unspecified atom stereocenters. The third-order valence-electron chi connectivity index (χ3n) is 4.32. The third-order valence-corrected chi connectivity index (χ3v) is 4.32. The number of carbonyl (C=O) groups is 4. The number of hydrogen-bond acceptors (Lipinski definition) is 6. The fraction of sp³-hybridized carbons (Fsp3) is 0.733. The van der Waals surface area contributed by atoms with Crippen LogP contribution in [-0.4, -0.2) is 60.0 Å². The van der Waals surface area contributed by atoms with Gasteiger partial charge in [0.05, 0.1) is 37.4 Å². The highest BCUT2D eigenvalue weighted by Gasteiger charge is 2.42. The first-order chi connectivity index (χ1) is 11.1. The smallest absolute Gasteiger partial charge is 0.250 e. The lowest BCUT2D eigenvalue weighted by molar-refractivity contribution is -0.147. The number of amides is 4. The molecule has 0 aromatic carbocycles. The summed E-state index contributed by atoms with van der Waals surface area (Å²) < 4.78 is 0. The van der Waals surface area contributed by atoms with E-state index in [1.54, 1.807) is 13.8 Å². The summed E-state index contributed by atoms with van der Waals surface area (Å²) in [5.41, 5.74) is -0.767. The van der Waals surface area contributed by atoms with E-state index in [2.05, 4.69) is 21.3 Å². The van der Waals surface area contributed by atoms with Gasteiger partial charge in [-0.2, -0.15) is 0 Å². The Labute approximate surface area is 140 Å². The van der Waals surface area contributed by atoms with Gasteiger partial charge in [0.25, 0.3) is 0 Å². The zero-order valence-corrected chi connectivity index (χ0v) is 14.4. The minimum absolute atomic E-state index is 0.0393. The van der Waals surface area contributed by atoms with E-state index in [4.69, 9.17) is 0 Å². The molecule has 2 aliphatic rings. The quantitative estimate of drug-likeness (QED) is 0.465. The van der Waals surface area contributed by atoms with E-state index in [1.807, 2.05) is 13.8 Å². The fourth-order valence-electron chi connectivity index (χ4n) is 3.11. The molecule has 2 atom stereocenters. The molecule has 0 bridgehead atoms. The lowest BCUT2D eigenvalue weighted by atomic mass is 9.92. The average Bonchev–Trinajstić information content (AvgIpc) is 2.99. The maximum atomic E-state index is 12.5. The van der Waals surface area contributed by atoms with Crippen molar-refractivity contribution in [3.63, 3.8) is 0 Å². The Morgan fingerprint density at radius 2 is 1.96 bits per heavy atom. The van der Waals surface area contributed by atoms with Gasteiger partial charge in [-0.1, -0.05) is 13.8 Å². The number of hydrogen-bond donors (Lipinski definition) is 4. The second kappa shape index (κ2) is 6.86. The summed E-state index contributed by atoms with van der Waals surface area (Å²) >= 11 is 0. The van der Waals surface area contributed by atoms with Crippen molar-refractivity contribution in [2.24, 2.45) is 11.8 Å². The molecule has 2 rings (SSSR count). The van der Waals surface area contributed by atoms with Gasteiger partial charge < -0.3 is 10.6 Å². The van der Waals surface area contributed by atoms with Gasteiger partial charge in [-0.05, 0) is 19.8 Å². The Morgan fingerprint density at radius 1 is 1.29 bits per heavy atom. The predicted molar refractivity (Wildman–Crippen MR) is 85.2 cm³/mol. The van der Waals surface area contributed by atoms with Gasteiger partial charge in [0.1, 0.15) is 0 Å². The van der Waals surface area contributed by atoms with E-state index in [1.165, 1.54) is 0 Å². The number of nitrogens with one attached hydrogen (secondary N) is 4. The van der Waals surface area contributed by atoms with Crippen LogP contribution in [0.15, 0.2) is 0 Å². The molecule has 0 aromatic heterocycles. The van der Waals surface area contributed by atoms with Gasteiger partial charge in [0, 0.05) is 0 Å². The number of rotatable bonds is 5. The van der Waals surface area contributed by atoms with Crippen LogP contribution in [0.25, 0.3) is 0 Å². The molecule has 2 fully saturated rings. The van der Waals surface area contributed by atoms with Crippen molar-refractivity contribution in [1.29, 1.82) is 0 Å². The molecule has 0 aliphatic carbocycles. The molecule has 4 N–H and O–H groups in total. The highest BCUT2D eigenvalue weighted by Crippen LogP contribution is 2.18. The van der Waals surface area contributed by atoms with E-state index in [9.17, 15) is 19.2 Å². The minimum atomic E-state index is -0.767. The SMILES string of the molecule is CC(C)C(C(=O)NCC(=O)N1C(=O)CNC1(C)C)C1NCC(=O)N1. The van der Waals surface area contributed by atoms with Crippen LogP contribution >= 0.6 is 0 Å². The van der Waals surface area contributed by atoms with E-state index >= 15 is 0 Å². The van der Waals surface area contributed by atoms with E-state index < -0.39 is 23.7 Å². The Kier molecular flexibility index (Phi) is 5.24. The maximum Gasteiger partial charge on any atom is 0.250 e. The first kappa shape index (κ1) is 18.3. The average molecular weight is 339 g/mol. The van der Waals surface area contributed by atoms with E-state index in [-0.39, 0.29) is 43.3 Å². The van der Waals surface area contributed by atoms with Gasteiger partial charge in [-0.3, -0.25) is 34.7 Å².